The van der Waals surface area contributed by atoms with Crippen molar-refractivity contribution in [3.63, 3.8) is 0 Å². The van der Waals surface area contributed by atoms with Crippen molar-refractivity contribution in [3.05, 3.63) is 58.1 Å². The normalized spacial score (nSPS) is 11.5. The molecule has 1 atom stereocenters. The van der Waals surface area contributed by atoms with Gasteiger partial charge in [-0.15, -0.1) is 0 Å². The number of hydrogen-bond acceptors (Lipinski definition) is 5. The van der Waals surface area contributed by atoms with Gasteiger partial charge in [-0.1, -0.05) is 25.1 Å². The second-order valence-electron chi connectivity index (χ2n) is 5.41. The number of amides is 1. The Morgan fingerprint density at radius 3 is 2.56 bits per heavy atom. The largest absolute Gasteiger partial charge is 0.495 e. The Kier molecular flexibility index (Phi) is 5.94. The zero-order valence-electron chi connectivity index (χ0n) is 14.3. The van der Waals surface area contributed by atoms with Gasteiger partial charge >= 0.3 is 0 Å². The number of anilines is 1. The van der Waals surface area contributed by atoms with Crippen molar-refractivity contribution >= 4 is 17.3 Å². The van der Waals surface area contributed by atoms with E-state index in [0.29, 0.717) is 17.9 Å². The molecule has 0 aliphatic rings. The van der Waals surface area contributed by atoms with Gasteiger partial charge in [0.25, 0.3) is 11.6 Å². The number of benzene rings is 2. The summed E-state index contributed by atoms with van der Waals surface area (Å²) in [6, 6.07) is 11.4. The van der Waals surface area contributed by atoms with Crippen LogP contribution in [0.25, 0.3) is 0 Å². The Labute approximate surface area is 145 Å². The minimum Gasteiger partial charge on any atom is -0.495 e. The van der Waals surface area contributed by atoms with Crippen LogP contribution < -0.4 is 14.8 Å². The van der Waals surface area contributed by atoms with Crippen LogP contribution in [0.1, 0.15) is 18.9 Å². The Morgan fingerprint density at radius 1 is 1.24 bits per heavy atom. The number of para-hydroxylation sites is 1. The number of ether oxygens (including phenoxy) is 2. The van der Waals surface area contributed by atoms with E-state index >= 15 is 0 Å². The smallest absolute Gasteiger partial charge is 0.271 e. The van der Waals surface area contributed by atoms with Crippen LogP contribution in [0.2, 0.25) is 0 Å². The maximum Gasteiger partial charge on any atom is 0.271 e. The van der Waals surface area contributed by atoms with Gasteiger partial charge in [0.1, 0.15) is 11.5 Å². The average Bonchev–Trinajstić information content (AvgIpc) is 2.60. The molecule has 0 unspecified atom stereocenters. The van der Waals surface area contributed by atoms with Crippen LogP contribution in [0.15, 0.2) is 42.5 Å². The molecule has 2 aromatic rings. The van der Waals surface area contributed by atoms with Crippen molar-refractivity contribution in [1.29, 1.82) is 0 Å². The number of nitrogens with one attached hydrogen (secondary N) is 1. The van der Waals surface area contributed by atoms with Crippen molar-refractivity contribution in [2.24, 2.45) is 0 Å². The van der Waals surface area contributed by atoms with Crippen molar-refractivity contribution in [2.45, 2.75) is 26.4 Å². The van der Waals surface area contributed by atoms with E-state index in [1.807, 2.05) is 32.0 Å². The molecule has 0 aliphatic heterocycles. The molecule has 0 fully saturated rings. The van der Waals surface area contributed by atoms with Gasteiger partial charge in [-0.05, 0) is 31.0 Å². The predicted octanol–water partition coefficient (Wildman–Crippen LogP) is 3.71. The molecule has 0 aromatic heterocycles. The highest BCUT2D eigenvalue weighted by molar-refractivity contribution is 5.96. The molecule has 2 aromatic carbocycles. The third kappa shape index (κ3) is 4.47. The maximum absolute atomic E-state index is 12.5. The number of non-ortho nitro benzene ring substituents is 1. The SMILES string of the molecule is CC[C@@H](Oc1ccccc1C)C(=O)Nc1cc([N+](=O)[O-])ccc1OC. The van der Waals surface area contributed by atoms with Crippen LogP contribution in [-0.4, -0.2) is 24.0 Å². The number of hydrogen-bond donors (Lipinski definition) is 1. The lowest BCUT2D eigenvalue weighted by Gasteiger charge is -2.19. The van der Waals surface area contributed by atoms with Crippen LogP contribution in [0.5, 0.6) is 11.5 Å². The molecule has 0 aliphatic carbocycles. The lowest BCUT2D eigenvalue weighted by atomic mass is 10.2. The summed E-state index contributed by atoms with van der Waals surface area (Å²) in [7, 11) is 1.43. The molecule has 7 nitrogen and oxygen atoms in total. The highest BCUT2D eigenvalue weighted by Crippen LogP contribution is 2.29. The fraction of sp³-hybridized carbons (Fsp3) is 0.278. The van der Waals surface area contributed by atoms with Crippen LogP contribution in [0.3, 0.4) is 0 Å². The minimum atomic E-state index is -0.731. The Morgan fingerprint density at radius 2 is 1.96 bits per heavy atom. The van der Waals surface area contributed by atoms with Crippen molar-refractivity contribution < 1.29 is 19.2 Å². The van der Waals surface area contributed by atoms with Gasteiger partial charge in [-0.25, -0.2) is 0 Å². The van der Waals surface area contributed by atoms with Crippen LogP contribution in [0, 0.1) is 17.0 Å². The molecule has 0 saturated heterocycles. The Hall–Kier alpha value is -3.09. The molecule has 132 valence electrons. The van der Waals surface area contributed by atoms with Gasteiger partial charge in [0.05, 0.1) is 17.7 Å². The Balaban J connectivity index is 2.20. The molecular weight excluding hydrogens is 324 g/mol. The first-order chi connectivity index (χ1) is 12.0. The van der Waals surface area contributed by atoms with E-state index in [0.717, 1.165) is 5.56 Å². The standard InChI is InChI=1S/C18H20N2O5/c1-4-15(25-16-8-6-5-7-12(16)2)18(21)19-14-11-13(20(22)23)9-10-17(14)24-3/h5-11,15H,4H2,1-3H3,(H,19,21)/t15-/m1/s1. The fourth-order valence-electron chi connectivity index (χ4n) is 2.28. The first kappa shape index (κ1) is 18.3. The monoisotopic (exact) mass is 344 g/mol. The van der Waals surface area contributed by atoms with Gasteiger partial charge in [0.15, 0.2) is 6.10 Å². The summed E-state index contributed by atoms with van der Waals surface area (Å²) < 4.78 is 10.9. The predicted molar refractivity (Wildman–Crippen MR) is 94.2 cm³/mol. The summed E-state index contributed by atoms with van der Waals surface area (Å²) in [5.41, 5.74) is 1.01. The van der Waals surface area contributed by atoms with Crippen LogP contribution in [0.4, 0.5) is 11.4 Å². The average molecular weight is 344 g/mol. The molecular formula is C18H20N2O5. The van der Waals surface area contributed by atoms with Gasteiger partial charge in [0.2, 0.25) is 0 Å². The number of carbonyl (C=O) groups excluding carboxylic acids is 1. The number of nitro groups is 1. The summed E-state index contributed by atoms with van der Waals surface area (Å²) in [4.78, 5) is 23.0. The number of rotatable bonds is 7. The zero-order chi connectivity index (χ0) is 18.4. The van der Waals surface area contributed by atoms with E-state index < -0.39 is 16.9 Å². The summed E-state index contributed by atoms with van der Waals surface area (Å²) >= 11 is 0. The highest BCUT2D eigenvalue weighted by atomic mass is 16.6. The van der Waals surface area contributed by atoms with E-state index in [2.05, 4.69) is 5.32 Å². The van der Waals surface area contributed by atoms with Crippen molar-refractivity contribution in [1.82, 2.24) is 0 Å². The van der Waals surface area contributed by atoms with Gasteiger partial charge in [0, 0.05) is 12.1 Å². The molecule has 0 heterocycles. The number of methoxy groups -OCH3 is 1. The maximum atomic E-state index is 12.5. The van der Waals surface area contributed by atoms with Gasteiger partial charge < -0.3 is 14.8 Å². The molecule has 7 heteroatoms. The first-order valence-electron chi connectivity index (χ1n) is 7.81. The number of nitro benzene ring substituents is 1. The van der Waals surface area contributed by atoms with Crippen molar-refractivity contribution in [3.8, 4) is 11.5 Å². The number of aryl methyl sites for hydroxylation is 1. The summed E-state index contributed by atoms with van der Waals surface area (Å²) in [5, 5.41) is 13.6. The fourth-order valence-corrected chi connectivity index (χ4v) is 2.28. The van der Waals surface area contributed by atoms with E-state index in [4.69, 9.17) is 9.47 Å². The molecule has 0 spiro atoms. The van der Waals surface area contributed by atoms with Crippen molar-refractivity contribution in [2.75, 3.05) is 12.4 Å². The summed E-state index contributed by atoms with van der Waals surface area (Å²) in [6.45, 7) is 3.72. The summed E-state index contributed by atoms with van der Waals surface area (Å²) in [5.74, 6) is 0.560. The lowest BCUT2D eigenvalue weighted by Crippen LogP contribution is -2.32. The lowest BCUT2D eigenvalue weighted by molar-refractivity contribution is -0.384. The van der Waals surface area contributed by atoms with Gasteiger partial charge in [-0.3, -0.25) is 14.9 Å². The number of carbonyl (C=O) groups is 1. The third-order valence-corrected chi connectivity index (χ3v) is 3.68. The van der Waals surface area contributed by atoms with E-state index in [9.17, 15) is 14.9 Å². The molecule has 0 saturated carbocycles. The molecule has 0 bridgehead atoms. The Bertz CT molecular complexity index is 776. The third-order valence-electron chi connectivity index (χ3n) is 3.68. The quantitative estimate of drug-likeness (QED) is 0.611. The first-order valence-corrected chi connectivity index (χ1v) is 7.81. The second-order valence-corrected chi connectivity index (χ2v) is 5.41. The van der Waals surface area contributed by atoms with E-state index in [1.165, 1.54) is 25.3 Å². The molecule has 25 heavy (non-hydrogen) atoms. The molecule has 1 amide bonds. The van der Waals surface area contributed by atoms with Crippen LogP contribution >= 0.6 is 0 Å². The molecule has 2 rings (SSSR count). The van der Waals surface area contributed by atoms with E-state index in [1.54, 1.807) is 6.07 Å². The second kappa shape index (κ2) is 8.14. The summed E-state index contributed by atoms with van der Waals surface area (Å²) in [6.07, 6.45) is -0.290. The van der Waals surface area contributed by atoms with Crippen LogP contribution in [-0.2, 0) is 4.79 Å². The van der Waals surface area contributed by atoms with Gasteiger partial charge in [-0.2, -0.15) is 0 Å². The zero-order valence-corrected chi connectivity index (χ0v) is 14.3. The topological polar surface area (TPSA) is 90.7 Å². The molecule has 0 radical (unpaired) electrons. The molecule has 1 N–H and O–H groups in total. The highest BCUT2D eigenvalue weighted by Gasteiger charge is 2.21. The number of nitrogens with zero attached hydrogens (tertiary/aromatic N) is 1. The van der Waals surface area contributed by atoms with E-state index in [-0.39, 0.29) is 11.4 Å². The minimum absolute atomic E-state index is 0.135.